The Balaban J connectivity index is 1.16. The maximum absolute atomic E-state index is 13.0. The summed E-state index contributed by atoms with van der Waals surface area (Å²) in [6, 6.07) is 10.7. The van der Waals surface area contributed by atoms with Gasteiger partial charge < -0.3 is 24.9 Å². The average Bonchev–Trinajstić information content (AvgIpc) is 3.21. The number of piperazine rings is 1. The lowest BCUT2D eigenvalue weighted by Crippen LogP contribution is -2.51. The standard InChI is InChI=1S/C27H29Cl2N5O5/c28-19-9-7-18(8-10-19)17-21-25(36)34(26(37)30-21)39-27(38)33-15-13-31(14-16-33)22-6-4-5-20(23(22)29)24(35)32-11-2-1-3-12-32/h4-10,21H,1-3,11-17H2,(H,30,37)/t21-/m0/s1. The van der Waals surface area contributed by atoms with Gasteiger partial charge in [0.25, 0.3) is 11.8 Å². The molecule has 3 heterocycles. The summed E-state index contributed by atoms with van der Waals surface area (Å²) in [5.74, 6) is -0.699. The summed E-state index contributed by atoms with van der Waals surface area (Å²) in [5.41, 5.74) is 2.01. The molecule has 0 bridgehead atoms. The Bertz CT molecular complexity index is 1260. The Labute approximate surface area is 236 Å². The van der Waals surface area contributed by atoms with Gasteiger partial charge in [-0.2, -0.15) is 0 Å². The van der Waals surface area contributed by atoms with Crippen LogP contribution in [0.15, 0.2) is 42.5 Å². The number of hydroxylamine groups is 2. The zero-order chi connectivity index (χ0) is 27.5. The van der Waals surface area contributed by atoms with Gasteiger partial charge in [-0.3, -0.25) is 9.59 Å². The van der Waals surface area contributed by atoms with Crippen LogP contribution >= 0.6 is 23.2 Å². The number of rotatable bonds is 5. The van der Waals surface area contributed by atoms with E-state index in [4.69, 9.17) is 28.0 Å². The molecule has 2 aromatic rings. The summed E-state index contributed by atoms with van der Waals surface area (Å²) >= 11 is 12.6. The Morgan fingerprint density at radius 1 is 0.872 bits per heavy atom. The topological polar surface area (TPSA) is 102 Å². The minimum atomic E-state index is -0.842. The minimum Gasteiger partial charge on any atom is -0.367 e. The third kappa shape index (κ3) is 5.91. The van der Waals surface area contributed by atoms with Crippen LogP contribution in [0.5, 0.6) is 0 Å². The third-order valence-electron chi connectivity index (χ3n) is 7.23. The Morgan fingerprint density at radius 3 is 2.26 bits per heavy atom. The van der Waals surface area contributed by atoms with E-state index in [-0.39, 0.29) is 25.4 Å². The van der Waals surface area contributed by atoms with Crippen LogP contribution in [0.3, 0.4) is 0 Å². The van der Waals surface area contributed by atoms with Crippen LogP contribution in [-0.4, -0.2) is 84.1 Å². The van der Waals surface area contributed by atoms with Crippen LogP contribution in [0, 0.1) is 0 Å². The fourth-order valence-electron chi connectivity index (χ4n) is 5.05. The van der Waals surface area contributed by atoms with Gasteiger partial charge in [-0.1, -0.05) is 46.5 Å². The van der Waals surface area contributed by atoms with Gasteiger partial charge in [0.2, 0.25) is 0 Å². The average molecular weight is 574 g/mol. The number of hydrogen-bond acceptors (Lipinski definition) is 6. The highest BCUT2D eigenvalue weighted by molar-refractivity contribution is 6.36. The van der Waals surface area contributed by atoms with E-state index in [0.717, 1.165) is 43.6 Å². The van der Waals surface area contributed by atoms with Crippen LogP contribution in [-0.2, 0) is 16.1 Å². The highest BCUT2D eigenvalue weighted by atomic mass is 35.5. The third-order valence-corrected chi connectivity index (χ3v) is 7.88. The van der Waals surface area contributed by atoms with Crippen molar-refractivity contribution >= 4 is 52.8 Å². The van der Waals surface area contributed by atoms with Crippen LogP contribution in [0.1, 0.15) is 35.2 Å². The van der Waals surface area contributed by atoms with Gasteiger partial charge in [-0.05, 0) is 49.1 Å². The normalized spacial score (nSPS) is 19.8. The number of likely N-dealkylation sites (tertiary alicyclic amines) is 1. The first-order valence-corrected chi connectivity index (χ1v) is 13.8. The van der Waals surface area contributed by atoms with Crippen molar-refractivity contribution in [3.63, 3.8) is 0 Å². The lowest BCUT2D eigenvalue weighted by Gasteiger charge is -2.36. The molecule has 0 unspecified atom stereocenters. The molecule has 3 aliphatic rings. The molecule has 206 valence electrons. The first-order chi connectivity index (χ1) is 18.8. The van der Waals surface area contributed by atoms with E-state index in [1.165, 1.54) is 4.90 Å². The first kappa shape index (κ1) is 27.1. The summed E-state index contributed by atoms with van der Waals surface area (Å²) in [5, 5.41) is 4.01. The monoisotopic (exact) mass is 573 g/mol. The number of benzene rings is 2. The van der Waals surface area contributed by atoms with Crippen LogP contribution in [0.2, 0.25) is 10.0 Å². The molecule has 0 saturated carbocycles. The van der Waals surface area contributed by atoms with E-state index in [1.807, 2.05) is 21.9 Å². The van der Waals surface area contributed by atoms with Gasteiger partial charge in [0.1, 0.15) is 6.04 Å². The van der Waals surface area contributed by atoms with Gasteiger partial charge >= 0.3 is 12.1 Å². The van der Waals surface area contributed by atoms with Crippen LogP contribution < -0.4 is 10.2 Å². The predicted octanol–water partition coefficient (Wildman–Crippen LogP) is 3.96. The van der Waals surface area contributed by atoms with Crippen molar-refractivity contribution in [3.05, 3.63) is 63.6 Å². The molecular formula is C27H29Cl2N5O5. The highest BCUT2D eigenvalue weighted by Gasteiger charge is 2.42. The maximum Gasteiger partial charge on any atom is 0.434 e. The number of nitrogens with zero attached hydrogens (tertiary/aromatic N) is 4. The largest absolute Gasteiger partial charge is 0.434 e. The number of anilines is 1. The maximum atomic E-state index is 13.0. The van der Waals surface area contributed by atoms with E-state index in [9.17, 15) is 19.2 Å². The van der Waals surface area contributed by atoms with Crippen molar-refractivity contribution in [1.29, 1.82) is 0 Å². The molecule has 3 aliphatic heterocycles. The van der Waals surface area contributed by atoms with Crippen LogP contribution in [0.25, 0.3) is 0 Å². The second-order valence-corrected chi connectivity index (χ2v) is 10.6. The van der Waals surface area contributed by atoms with Gasteiger partial charge in [-0.25, -0.2) is 9.59 Å². The van der Waals surface area contributed by atoms with Gasteiger partial charge in [0, 0.05) is 50.7 Å². The lowest BCUT2D eigenvalue weighted by atomic mass is 10.1. The number of piperidine rings is 1. The van der Waals surface area contributed by atoms with E-state index in [1.54, 1.807) is 30.3 Å². The van der Waals surface area contributed by atoms with Crippen molar-refractivity contribution in [3.8, 4) is 0 Å². The van der Waals surface area contributed by atoms with E-state index in [0.29, 0.717) is 33.8 Å². The van der Waals surface area contributed by atoms with E-state index < -0.39 is 24.1 Å². The Kier molecular flexibility index (Phi) is 8.13. The minimum absolute atomic E-state index is 0.0633. The molecule has 12 heteroatoms. The fourth-order valence-corrected chi connectivity index (χ4v) is 5.51. The van der Waals surface area contributed by atoms with E-state index >= 15 is 0 Å². The van der Waals surface area contributed by atoms with Crippen molar-refractivity contribution in [2.75, 3.05) is 44.2 Å². The molecular weight excluding hydrogens is 545 g/mol. The summed E-state index contributed by atoms with van der Waals surface area (Å²) in [6.07, 6.45) is 2.58. The summed E-state index contributed by atoms with van der Waals surface area (Å²) in [7, 11) is 0. The second kappa shape index (κ2) is 11.7. The highest BCUT2D eigenvalue weighted by Crippen LogP contribution is 2.31. The molecule has 0 aliphatic carbocycles. The molecule has 0 spiro atoms. The molecule has 5 rings (SSSR count). The van der Waals surface area contributed by atoms with Gasteiger partial charge in [0.15, 0.2) is 0 Å². The van der Waals surface area contributed by atoms with Crippen molar-refractivity contribution in [2.45, 2.75) is 31.7 Å². The number of nitrogens with one attached hydrogen (secondary N) is 1. The van der Waals surface area contributed by atoms with Crippen molar-refractivity contribution in [1.82, 2.24) is 20.2 Å². The lowest BCUT2D eigenvalue weighted by molar-refractivity contribution is -0.151. The molecule has 3 fully saturated rings. The molecule has 1 atom stereocenters. The van der Waals surface area contributed by atoms with Gasteiger partial charge in [-0.15, -0.1) is 0 Å². The number of carbonyl (C=O) groups is 4. The van der Waals surface area contributed by atoms with Crippen LogP contribution in [0.4, 0.5) is 15.3 Å². The number of imide groups is 1. The molecule has 1 N–H and O–H groups in total. The smallest absolute Gasteiger partial charge is 0.367 e. The molecule has 5 amide bonds. The quantitative estimate of drug-likeness (QED) is 0.543. The molecule has 39 heavy (non-hydrogen) atoms. The number of carbonyl (C=O) groups excluding carboxylic acids is 4. The zero-order valence-electron chi connectivity index (χ0n) is 21.3. The van der Waals surface area contributed by atoms with Crippen molar-refractivity contribution < 1.29 is 24.0 Å². The number of halogens is 2. The predicted molar refractivity (Wildman–Crippen MR) is 146 cm³/mol. The van der Waals surface area contributed by atoms with Crippen molar-refractivity contribution in [2.24, 2.45) is 0 Å². The Hall–Kier alpha value is -3.50. The Morgan fingerprint density at radius 2 is 1.56 bits per heavy atom. The number of hydrogen-bond donors (Lipinski definition) is 1. The summed E-state index contributed by atoms with van der Waals surface area (Å²) in [4.78, 5) is 61.4. The molecule has 3 saturated heterocycles. The van der Waals surface area contributed by atoms with Gasteiger partial charge in [0.05, 0.1) is 16.3 Å². The SMILES string of the molecule is O=C(ON1C(=O)N[C@@H](Cc2ccc(Cl)cc2)C1=O)N1CCN(c2cccc(C(=O)N3CCCCC3)c2Cl)CC1. The zero-order valence-corrected chi connectivity index (χ0v) is 22.8. The summed E-state index contributed by atoms with van der Waals surface area (Å²) in [6.45, 7) is 2.93. The molecule has 0 radical (unpaired) electrons. The first-order valence-electron chi connectivity index (χ1n) is 13.0. The molecule has 2 aromatic carbocycles. The van der Waals surface area contributed by atoms with E-state index in [2.05, 4.69) is 5.32 Å². The number of amides is 5. The fraction of sp³-hybridized carbons (Fsp3) is 0.407. The molecule has 10 nitrogen and oxygen atoms in total. The molecule has 0 aromatic heterocycles. The second-order valence-electron chi connectivity index (χ2n) is 9.79. The summed E-state index contributed by atoms with van der Waals surface area (Å²) < 4.78 is 0. The number of urea groups is 1.